The molecule has 0 saturated heterocycles. The predicted octanol–water partition coefficient (Wildman–Crippen LogP) is 6.62. The highest BCUT2D eigenvalue weighted by atomic mass is 35.5. The van der Waals surface area contributed by atoms with Crippen molar-refractivity contribution in [2.45, 2.75) is 33.4 Å². The number of ether oxygens (including phenoxy) is 3. The molecule has 200 valence electrons. The van der Waals surface area contributed by atoms with Crippen molar-refractivity contribution in [2.24, 2.45) is 0 Å². The molecule has 9 nitrogen and oxygen atoms in total. The third-order valence-corrected chi connectivity index (χ3v) is 5.56. The molecule has 0 aliphatic heterocycles. The molecule has 1 N–H and O–H groups in total. The first kappa shape index (κ1) is 27.0. The van der Waals surface area contributed by atoms with E-state index in [0.29, 0.717) is 28.9 Å². The summed E-state index contributed by atoms with van der Waals surface area (Å²) in [5.74, 6) is -0.812. The van der Waals surface area contributed by atoms with Crippen LogP contribution < -0.4 is 14.2 Å². The number of rotatable bonds is 9. The molecule has 0 bridgehead atoms. The standard InChI is InChI=1S/C25H21ClF3N3O6/c1-4-8-35-22-19-23(32-24(31-22)37-16-7-5-6-15(18(16)26)25(27,28)29)38-21(30-19)14-9-12(2)20(13(3)10-14)36-11-17(33)34/h5-7,9-10H,4,8,11H2,1-3H3,(H,33,34). The third kappa shape index (κ3) is 5.75. The zero-order valence-corrected chi connectivity index (χ0v) is 21.1. The van der Waals surface area contributed by atoms with Gasteiger partial charge in [-0.25, -0.2) is 9.78 Å². The molecule has 0 atom stereocenters. The Balaban J connectivity index is 1.74. The van der Waals surface area contributed by atoms with Gasteiger partial charge in [-0.05, 0) is 55.7 Å². The van der Waals surface area contributed by atoms with Gasteiger partial charge in [0, 0.05) is 5.56 Å². The Morgan fingerprint density at radius 2 is 1.82 bits per heavy atom. The Labute approximate surface area is 219 Å². The topological polar surface area (TPSA) is 117 Å². The number of carbonyl (C=O) groups is 1. The van der Waals surface area contributed by atoms with E-state index in [9.17, 15) is 18.0 Å². The van der Waals surface area contributed by atoms with Gasteiger partial charge in [0.25, 0.3) is 11.6 Å². The minimum absolute atomic E-state index is 0.0137. The van der Waals surface area contributed by atoms with Crippen LogP contribution >= 0.6 is 11.6 Å². The summed E-state index contributed by atoms with van der Waals surface area (Å²) in [6.07, 6.45) is -4.04. The number of fused-ring (bicyclic) bond motifs is 1. The number of nitrogens with zero attached hydrogens (tertiary/aromatic N) is 3. The second-order valence-electron chi connectivity index (χ2n) is 8.17. The van der Waals surface area contributed by atoms with Crippen LogP contribution in [0, 0.1) is 13.8 Å². The van der Waals surface area contributed by atoms with E-state index in [0.717, 1.165) is 12.1 Å². The molecular formula is C25H21ClF3N3O6. The SMILES string of the molecule is CCCOc1nc(Oc2cccc(C(F)(F)F)c2Cl)nc2oc(-c3cc(C)c(OCC(=O)O)c(C)c3)nc12. The first-order valence-corrected chi connectivity index (χ1v) is 11.7. The molecule has 0 fully saturated rings. The highest BCUT2D eigenvalue weighted by molar-refractivity contribution is 6.32. The molecule has 0 radical (unpaired) electrons. The van der Waals surface area contributed by atoms with Crippen LogP contribution in [0.3, 0.4) is 0 Å². The number of halogens is 4. The van der Waals surface area contributed by atoms with E-state index in [-0.39, 0.29) is 41.4 Å². The van der Waals surface area contributed by atoms with E-state index in [1.807, 2.05) is 6.92 Å². The first-order chi connectivity index (χ1) is 18.0. The maximum atomic E-state index is 13.3. The van der Waals surface area contributed by atoms with Crippen LogP contribution in [0.1, 0.15) is 30.0 Å². The van der Waals surface area contributed by atoms with E-state index in [2.05, 4.69) is 15.0 Å². The second kappa shape index (κ2) is 10.7. The number of aromatic nitrogens is 3. The van der Waals surface area contributed by atoms with Crippen molar-refractivity contribution < 1.29 is 41.7 Å². The van der Waals surface area contributed by atoms with Gasteiger partial charge in [-0.3, -0.25) is 0 Å². The van der Waals surface area contributed by atoms with Crippen molar-refractivity contribution in [1.82, 2.24) is 15.0 Å². The summed E-state index contributed by atoms with van der Waals surface area (Å²) in [5, 5.41) is 8.25. The van der Waals surface area contributed by atoms with Gasteiger partial charge < -0.3 is 23.7 Å². The summed E-state index contributed by atoms with van der Waals surface area (Å²) in [6, 6.07) is 6.29. The molecule has 0 spiro atoms. The predicted molar refractivity (Wildman–Crippen MR) is 130 cm³/mol. The molecule has 13 heteroatoms. The van der Waals surface area contributed by atoms with Crippen molar-refractivity contribution in [2.75, 3.05) is 13.2 Å². The van der Waals surface area contributed by atoms with E-state index in [4.69, 9.17) is 35.3 Å². The quantitative estimate of drug-likeness (QED) is 0.245. The number of carboxylic acids is 1. The lowest BCUT2D eigenvalue weighted by Crippen LogP contribution is -2.10. The van der Waals surface area contributed by atoms with Crippen molar-refractivity contribution in [1.29, 1.82) is 0 Å². The Kier molecular flexibility index (Phi) is 7.63. The molecule has 4 rings (SSSR count). The van der Waals surface area contributed by atoms with Gasteiger partial charge in [0.15, 0.2) is 12.1 Å². The van der Waals surface area contributed by atoms with Crippen molar-refractivity contribution >= 4 is 28.8 Å². The number of oxazole rings is 1. The molecule has 2 heterocycles. The third-order valence-electron chi connectivity index (χ3n) is 5.17. The van der Waals surface area contributed by atoms with Crippen LogP contribution in [-0.4, -0.2) is 39.2 Å². The monoisotopic (exact) mass is 551 g/mol. The fourth-order valence-corrected chi connectivity index (χ4v) is 3.86. The highest BCUT2D eigenvalue weighted by Crippen LogP contribution is 2.41. The minimum Gasteiger partial charge on any atom is -0.481 e. The molecule has 0 aliphatic rings. The maximum absolute atomic E-state index is 13.3. The van der Waals surface area contributed by atoms with Crippen LogP contribution in [-0.2, 0) is 11.0 Å². The lowest BCUT2D eigenvalue weighted by atomic mass is 10.1. The molecular weight excluding hydrogens is 531 g/mol. The summed E-state index contributed by atoms with van der Waals surface area (Å²) < 4.78 is 62.2. The molecule has 0 saturated carbocycles. The number of hydrogen-bond acceptors (Lipinski definition) is 8. The van der Waals surface area contributed by atoms with Crippen molar-refractivity contribution in [3.05, 3.63) is 52.0 Å². The molecule has 0 aliphatic carbocycles. The molecule has 4 aromatic rings. The fourth-order valence-electron chi connectivity index (χ4n) is 3.59. The zero-order chi connectivity index (χ0) is 27.6. The van der Waals surface area contributed by atoms with Gasteiger partial charge in [0.05, 0.1) is 17.2 Å². The summed E-state index contributed by atoms with van der Waals surface area (Å²) >= 11 is 5.94. The van der Waals surface area contributed by atoms with Gasteiger partial charge in [-0.2, -0.15) is 23.1 Å². The lowest BCUT2D eigenvalue weighted by Gasteiger charge is -2.12. The first-order valence-electron chi connectivity index (χ1n) is 11.3. The van der Waals surface area contributed by atoms with Crippen LogP contribution in [0.25, 0.3) is 22.7 Å². The van der Waals surface area contributed by atoms with Gasteiger partial charge >= 0.3 is 18.2 Å². The van der Waals surface area contributed by atoms with E-state index < -0.39 is 29.3 Å². The van der Waals surface area contributed by atoms with Gasteiger partial charge in [-0.15, -0.1) is 0 Å². The minimum atomic E-state index is -4.68. The summed E-state index contributed by atoms with van der Waals surface area (Å²) in [6.45, 7) is 5.15. The van der Waals surface area contributed by atoms with E-state index in [1.165, 1.54) is 6.07 Å². The van der Waals surface area contributed by atoms with Crippen LogP contribution in [0.5, 0.6) is 23.4 Å². The summed E-state index contributed by atoms with van der Waals surface area (Å²) in [7, 11) is 0. The molecule has 2 aromatic heterocycles. The molecule has 0 amide bonds. The fraction of sp³-hybridized carbons (Fsp3) is 0.280. The maximum Gasteiger partial charge on any atom is 0.417 e. The van der Waals surface area contributed by atoms with Gasteiger partial charge in [0.1, 0.15) is 11.5 Å². The Morgan fingerprint density at radius 1 is 1.11 bits per heavy atom. The lowest BCUT2D eigenvalue weighted by molar-refractivity contribution is -0.139. The van der Waals surface area contributed by atoms with Crippen molar-refractivity contribution in [3.63, 3.8) is 0 Å². The number of aryl methyl sites for hydroxylation is 2. The van der Waals surface area contributed by atoms with E-state index in [1.54, 1.807) is 26.0 Å². The van der Waals surface area contributed by atoms with E-state index >= 15 is 0 Å². The summed E-state index contributed by atoms with van der Waals surface area (Å²) in [4.78, 5) is 23.6. The molecule has 0 unspecified atom stereocenters. The van der Waals surface area contributed by atoms with Crippen LogP contribution in [0.4, 0.5) is 13.2 Å². The number of carboxylic acid groups (broad SMARTS) is 1. The number of aliphatic carboxylic acids is 1. The smallest absolute Gasteiger partial charge is 0.417 e. The second-order valence-corrected chi connectivity index (χ2v) is 8.55. The average Bonchev–Trinajstić information content (AvgIpc) is 3.27. The number of hydrogen-bond donors (Lipinski definition) is 1. The zero-order valence-electron chi connectivity index (χ0n) is 20.4. The Hall–Kier alpha value is -4.06. The molecule has 38 heavy (non-hydrogen) atoms. The number of benzene rings is 2. The largest absolute Gasteiger partial charge is 0.481 e. The average molecular weight is 552 g/mol. The summed E-state index contributed by atoms with van der Waals surface area (Å²) in [5.41, 5.74) is 0.938. The van der Waals surface area contributed by atoms with Crippen LogP contribution in [0.15, 0.2) is 34.7 Å². The van der Waals surface area contributed by atoms with Gasteiger partial charge in [0.2, 0.25) is 5.89 Å². The number of alkyl halides is 3. The normalized spacial score (nSPS) is 11.6. The van der Waals surface area contributed by atoms with Crippen molar-refractivity contribution in [3.8, 4) is 34.8 Å². The Morgan fingerprint density at radius 3 is 2.45 bits per heavy atom. The molecule has 2 aromatic carbocycles. The Bertz CT molecular complexity index is 1480. The highest BCUT2D eigenvalue weighted by Gasteiger charge is 2.34. The van der Waals surface area contributed by atoms with Gasteiger partial charge in [-0.1, -0.05) is 24.6 Å². The van der Waals surface area contributed by atoms with Crippen LogP contribution in [0.2, 0.25) is 5.02 Å².